The number of phenols is 1. The molecule has 2 nitrogen and oxygen atoms in total. The standard InChI is InChI=1S/C17H21NO/c1-12-4-7-15(8-5-12)14(3)18-11-16-10-13(2)6-9-17(16)19/h4-10,14,18-19H,11H2,1-3H3/t14-/m1/s1. The van der Waals surface area contributed by atoms with E-state index in [0.717, 1.165) is 11.1 Å². The zero-order chi connectivity index (χ0) is 13.8. The Kier molecular flexibility index (Phi) is 4.23. The van der Waals surface area contributed by atoms with Gasteiger partial charge in [-0.25, -0.2) is 0 Å². The van der Waals surface area contributed by atoms with Gasteiger partial charge in [0.1, 0.15) is 5.75 Å². The summed E-state index contributed by atoms with van der Waals surface area (Å²) >= 11 is 0. The molecule has 2 rings (SSSR count). The third-order valence-electron chi connectivity index (χ3n) is 3.41. The first-order chi connectivity index (χ1) is 9.06. The molecule has 100 valence electrons. The van der Waals surface area contributed by atoms with Gasteiger partial charge >= 0.3 is 0 Å². The lowest BCUT2D eigenvalue weighted by molar-refractivity contribution is 0.460. The molecule has 2 aromatic rings. The van der Waals surface area contributed by atoms with Crippen LogP contribution < -0.4 is 5.32 Å². The number of nitrogens with one attached hydrogen (secondary N) is 1. The van der Waals surface area contributed by atoms with E-state index in [1.807, 2.05) is 19.1 Å². The number of aromatic hydroxyl groups is 1. The number of rotatable bonds is 4. The fraction of sp³-hybridized carbons (Fsp3) is 0.294. The zero-order valence-electron chi connectivity index (χ0n) is 11.8. The molecule has 0 aliphatic rings. The zero-order valence-corrected chi connectivity index (χ0v) is 11.8. The number of aryl methyl sites for hydroxylation is 2. The van der Waals surface area contributed by atoms with Crippen molar-refractivity contribution >= 4 is 0 Å². The minimum absolute atomic E-state index is 0.264. The van der Waals surface area contributed by atoms with E-state index in [9.17, 15) is 5.11 Å². The van der Waals surface area contributed by atoms with Crippen molar-refractivity contribution < 1.29 is 5.11 Å². The van der Waals surface area contributed by atoms with Crippen LogP contribution in [0.2, 0.25) is 0 Å². The highest BCUT2D eigenvalue weighted by Crippen LogP contribution is 2.20. The molecule has 0 spiro atoms. The summed E-state index contributed by atoms with van der Waals surface area (Å²) in [6.07, 6.45) is 0. The molecule has 2 N–H and O–H groups in total. The minimum Gasteiger partial charge on any atom is -0.508 e. The third kappa shape index (κ3) is 3.58. The molecule has 0 amide bonds. The van der Waals surface area contributed by atoms with Gasteiger partial charge in [0.25, 0.3) is 0 Å². The highest BCUT2D eigenvalue weighted by atomic mass is 16.3. The summed E-state index contributed by atoms with van der Waals surface area (Å²) in [6, 6.07) is 14.5. The van der Waals surface area contributed by atoms with Gasteiger partial charge in [0.05, 0.1) is 0 Å². The second-order valence-corrected chi connectivity index (χ2v) is 5.15. The molecular formula is C17H21NO. The molecule has 19 heavy (non-hydrogen) atoms. The van der Waals surface area contributed by atoms with Crippen LogP contribution in [0.5, 0.6) is 5.75 Å². The van der Waals surface area contributed by atoms with E-state index < -0.39 is 0 Å². The highest BCUT2D eigenvalue weighted by Gasteiger charge is 2.06. The van der Waals surface area contributed by atoms with E-state index in [1.165, 1.54) is 11.1 Å². The Morgan fingerprint density at radius 2 is 1.63 bits per heavy atom. The number of benzene rings is 2. The van der Waals surface area contributed by atoms with Crippen LogP contribution in [0.4, 0.5) is 0 Å². The van der Waals surface area contributed by atoms with E-state index in [1.54, 1.807) is 6.07 Å². The van der Waals surface area contributed by atoms with Gasteiger partial charge in [-0.05, 0) is 32.4 Å². The summed E-state index contributed by atoms with van der Waals surface area (Å²) in [7, 11) is 0. The molecule has 2 heteroatoms. The molecule has 0 aliphatic heterocycles. The Labute approximate surface area is 115 Å². The molecule has 0 fully saturated rings. The molecule has 0 saturated carbocycles. The average Bonchev–Trinajstić information content (AvgIpc) is 2.40. The van der Waals surface area contributed by atoms with Crippen molar-refractivity contribution in [2.24, 2.45) is 0 Å². The Hall–Kier alpha value is -1.80. The maximum absolute atomic E-state index is 9.81. The van der Waals surface area contributed by atoms with E-state index >= 15 is 0 Å². The summed E-state index contributed by atoms with van der Waals surface area (Å²) in [5, 5.41) is 13.3. The predicted octanol–water partition coefficient (Wildman–Crippen LogP) is 3.86. The van der Waals surface area contributed by atoms with Gasteiger partial charge in [0.15, 0.2) is 0 Å². The van der Waals surface area contributed by atoms with Crippen molar-refractivity contribution in [3.8, 4) is 5.75 Å². The summed E-state index contributed by atoms with van der Waals surface area (Å²) in [5.74, 6) is 0.356. The average molecular weight is 255 g/mol. The van der Waals surface area contributed by atoms with E-state index in [0.29, 0.717) is 12.3 Å². The van der Waals surface area contributed by atoms with Crippen LogP contribution >= 0.6 is 0 Å². The van der Waals surface area contributed by atoms with Gasteiger partial charge in [0.2, 0.25) is 0 Å². The largest absolute Gasteiger partial charge is 0.508 e. The van der Waals surface area contributed by atoms with Gasteiger partial charge in [0, 0.05) is 18.2 Å². The van der Waals surface area contributed by atoms with Crippen LogP contribution in [0.3, 0.4) is 0 Å². The van der Waals surface area contributed by atoms with E-state index in [2.05, 4.69) is 43.4 Å². The fourth-order valence-corrected chi connectivity index (χ4v) is 2.09. The van der Waals surface area contributed by atoms with E-state index in [-0.39, 0.29) is 6.04 Å². The molecule has 1 atom stereocenters. The number of phenolic OH excluding ortho intramolecular Hbond substituents is 1. The molecule has 0 aliphatic carbocycles. The van der Waals surface area contributed by atoms with Crippen molar-refractivity contribution in [2.75, 3.05) is 0 Å². The lowest BCUT2D eigenvalue weighted by Gasteiger charge is -2.15. The molecule has 0 saturated heterocycles. The van der Waals surface area contributed by atoms with Gasteiger partial charge in [-0.15, -0.1) is 0 Å². The van der Waals surface area contributed by atoms with Crippen molar-refractivity contribution in [1.82, 2.24) is 5.32 Å². The van der Waals surface area contributed by atoms with Gasteiger partial charge in [-0.3, -0.25) is 0 Å². The van der Waals surface area contributed by atoms with Crippen molar-refractivity contribution in [1.29, 1.82) is 0 Å². The lowest BCUT2D eigenvalue weighted by Crippen LogP contribution is -2.18. The molecule has 0 aromatic heterocycles. The van der Waals surface area contributed by atoms with Gasteiger partial charge in [-0.2, -0.15) is 0 Å². The quantitative estimate of drug-likeness (QED) is 0.869. The second-order valence-electron chi connectivity index (χ2n) is 5.15. The summed E-state index contributed by atoms with van der Waals surface area (Å²) in [4.78, 5) is 0. The monoisotopic (exact) mass is 255 g/mol. The normalized spacial score (nSPS) is 12.4. The maximum Gasteiger partial charge on any atom is 0.120 e. The van der Waals surface area contributed by atoms with Crippen LogP contribution in [0, 0.1) is 13.8 Å². The summed E-state index contributed by atoms with van der Waals surface area (Å²) in [5.41, 5.74) is 4.64. The fourth-order valence-electron chi connectivity index (χ4n) is 2.09. The first-order valence-corrected chi connectivity index (χ1v) is 6.64. The maximum atomic E-state index is 9.81. The summed E-state index contributed by atoms with van der Waals surface area (Å²) in [6.45, 7) is 6.93. The molecule has 0 unspecified atom stereocenters. The van der Waals surface area contributed by atoms with E-state index in [4.69, 9.17) is 0 Å². The SMILES string of the molecule is Cc1ccc([C@@H](C)NCc2cc(C)ccc2O)cc1. The van der Waals surface area contributed by atoms with Crippen LogP contribution in [0.1, 0.15) is 35.2 Å². The smallest absolute Gasteiger partial charge is 0.120 e. The van der Waals surface area contributed by atoms with Gasteiger partial charge in [-0.1, -0.05) is 47.5 Å². The van der Waals surface area contributed by atoms with Crippen LogP contribution in [-0.2, 0) is 6.54 Å². The van der Waals surface area contributed by atoms with Crippen molar-refractivity contribution in [3.05, 3.63) is 64.7 Å². The van der Waals surface area contributed by atoms with Gasteiger partial charge < -0.3 is 10.4 Å². The second kappa shape index (κ2) is 5.89. The Bertz CT molecular complexity index is 546. The molecule has 0 radical (unpaired) electrons. The molecular weight excluding hydrogens is 234 g/mol. The number of hydrogen-bond acceptors (Lipinski definition) is 2. The van der Waals surface area contributed by atoms with Crippen molar-refractivity contribution in [2.45, 2.75) is 33.4 Å². The molecule has 0 heterocycles. The third-order valence-corrected chi connectivity index (χ3v) is 3.41. The minimum atomic E-state index is 0.264. The highest BCUT2D eigenvalue weighted by molar-refractivity contribution is 5.35. The van der Waals surface area contributed by atoms with Crippen LogP contribution in [0.25, 0.3) is 0 Å². The first kappa shape index (κ1) is 13.6. The lowest BCUT2D eigenvalue weighted by atomic mass is 10.1. The topological polar surface area (TPSA) is 32.3 Å². The molecule has 0 bridgehead atoms. The summed E-state index contributed by atoms with van der Waals surface area (Å²) < 4.78 is 0. The Morgan fingerprint density at radius 3 is 2.32 bits per heavy atom. The van der Waals surface area contributed by atoms with Crippen molar-refractivity contribution in [3.63, 3.8) is 0 Å². The molecule has 2 aromatic carbocycles. The Morgan fingerprint density at radius 1 is 1.00 bits per heavy atom. The Balaban J connectivity index is 2.02. The van der Waals surface area contributed by atoms with Crippen LogP contribution in [0.15, 0.2) is 42.5 Å². The predicted molar refractivity (Wildman–Crippen MR) is 79.3 cm³/mol. The number of hydrogen-bond donors (Lipinski definition) is 2. The van der Waals surface area contributed by atoms with Crippen LogP contribution in [-0.4, -0.2) is 5.11 Å². The first-order valence-electron chi connectivity index (χ1n) is 6.64.